The summed E-state index contributed by atoms with van der Waals surface area (Å²) in [5.74, 6) is 0.908. The van der Waals surface area contributed by atoms with Crippen LogP contribution in [0.3, 0.4) is 0 Å². The second kappa shape index (κ2) is 8.17. The van der Waals surface area contributed by atoms with Gasteiger partial charge in [0.2, 0.25) is 11.0 Å². The minimum atomic E-state index is -0.344. The lowest BCUT2D eigenvalue weighted by Crippen LogP contribution is -2.55. The van der Waals surface area contributed by atoms with Crippen LogP contribution in [0.15, 0.2) is 0 Å². The number of ether oxygens (including phenoxy) is 1. The number of thioether (sulfide) groups is 1. The van der Waals surface area contributed by atoms with Gasteiger partial charge in [0.15, 0.2) is 0 Å². The molecule has 3 aliphatic rings. The monoisotopic (exact) mass is 356 g/mol. The zero-order chi connectivity index (χ0) is 16.9. The lowest BCUT2D eigenvalue weighted by molar-refractivity contribution is -0.136. The van der Waals surface area contributed by atoms with Crippen molar-refractivity contribution < 1.29 is 19.1 Å². The number of hydrogen-bond acceptors (Lipinski definition) is 6. The van der Waals surface area contributed by atoms with Crippen LogP contribution in [0.2, 0.25) is 0 Å². The van der Waals surface area contributed by atoms with E-state index in [-0.39, 0.29) is 23.1 Å². The molecule has 0 aromatic carbocycles. The Hall–Kier alpha value is -1.32. The molecule has 0 radical (unpaired) electrons. The van der Waals surface area contributed by atoms with Crippen molar-refractivity contribution in [3.8, 4) is 0 Å². The maximum atomic E-state index is 12.2. The molecule has 1 N–H and O–H groups in total. The molecule has 3 heterocycles. The van der Waals surface area contributed by atoms with Gasteiger partial charge in [-0.25, -0.2) is 4.79 Å². The fraction of sp³-hybridized carbons (Fsp3) is 0.800. The molecule has 3 rings (SSSR count). The molecule has 3 fully saturated rings. The Kier molecular flexibility index (Phi) is 5.96. The molecule has 0 aliphatic carbocycles. The third-order valence-corrected chi connectivity index (χ3v) is 5.62. The lowest BCUT2D eigenvalue weighted by atomic mass is 10.2. The molecule has 0 aromatic rings. The lowest BCUT2D eigenvalue weighted by Gasteiger charge is -2.36. The van der Waals surface area contributed by atoms with Crippen molar-refractivity contribution in [1.82, 2.24) is 20.0 Å². The highest BCUT2D eigenvalue weighted by molar-refractivity contribution is 8.14. The number of nitrogens with zero attached hydrogens (tertiary/aromatic N) is 3. The number of carbonyl (C=O) groups is 3. The number of rotatable bonds is 3. The summed E-state index contributed by atoms with van der Waals surface area (Å²) in [4.78, 5) is 41.7. The Morgan fingerprint density at radius 1 is 1.08 bits per heavy atom. The van der Waals surface area contributed by atoms with E-state index in [1.165, 1.54) is 11.8 Å². The van der Waals surface area contributed by atoms with E-state index in [1.807, 2.05) is 4.90 Å². The van der Waals surface area contributed by atoms with Crippen molar-refractivity contribution in [2.24, 2.45) is 0 Å². The highest BCUT2D eigenvalue weighted by atomic mass is 32.2. The van der Waals surface area contributed by atoms with Gasteiger partial charge in [-0.05, 0) is 6.42 Å². The second-order valence-electron chi connectivity index (χ2n) is 6.21. The Morgan fingerprint density at radius 2 is 1.79 bits per heavy atom. The van der Waals surface area contributed by atoms with Crippen LogP contribution in [-0.2, 0) is 14.3 Å². The molecule has 0 bridgehead atoms. The summed E-state index contributed by atoms with van der Waals surface area (Å²) in [6.45, 7) is 5.45. The van der Waals surface area contributed by atoms with Crippen molar-refractivity contribution >= 4 is 28.8 Å². The summed E-state index contributed by atoms with van der Waals surface area (Å²) < 4.78 is 5.26. The van der Waals surface area contributed by atoms with Gasteiger partial charge in [0.05, 0.1) is 19.8 Å². The van der Waals surface area contributed by atoms with Gasteiger partial charge in [-0.3, -0.25) is 14.5 Å². The van der Waals surface area contributed by atoms with Gasteiger partial charge in [-0.1, -0.05) is 11.8 Å². The number of urea groups is 1. The predicted molar refractivity (Wildman–Crippen MR) is 89.8 cm³/mol. The number of piperazine rings is 1. The van der Waals surface area contributed by atoms with E-state index in [0.29, 0.717) is 65.4 Å². The van der Waals surface area contributed by atoms with Crippen LogP contribution in [0.4, 0.5) is 4.79 Å². The molecule has 3 amide bonds. The zero-order valence-electron chi connectivity index (χ0n) is 13.7. The van der Waals surface area contributed by atoms with Crippen molar-refractivity contribution in [1.29, 1.82) is 0 Å². The first-order valence-corrected chi connectivity index (χ1v) is 9.42. The number of morpholine rings is 1. The van der Waals surface area contributed by atoms with E-state index in [4.69, 9.17) is 4.74 Å². The first kappa shape index (κ1) is 17.5. The van der Waals surface area contributed by atoms with Gasteiger partial charge in [0, 0.05) is 45.0 Å². The summed E-state index contributed by atoms with van der Waals surface area (Å²) in [6.07, 6.45) is 0.712. The molecule has 3 saturated heterocycles. The molecule has 3 aliphatic heterocycles. The smallest absolute Gasteiger partial charge is 0.318 e. The number of carbonyl (C=O) groups excluding carboxylic acids is 3. The zero-order valence-corrected chi connectivity index (χ0v) is 14.6. The predicted octanol–water partition coefficient (Wildman–Crippen LogP) is -0.795. The molecule has 0 aromatic heterocycles. The van der Waals surface area contributed by atoms with Crippen LogP contribution in [0, 0.1) is 0 Å². The third kappa shape index (κ3) is 4.40. The fourth-order valence-corrected chi connectivity index (χ4v) is 4.01. The van der Waals surface area contributed by atoms with E-state index in [1.54, 1.807) is 4.90 Å². The summed E-state index contributed by atoms with van der Waals surface area (Å²) in [5.41, 5.74) is 0. The highest BCUT2D eigenvalue weighted by Crippen LogP contribution is 2.19. The van der Waals surface area contributed by atoms with Crippen LogP contribution in [0.5, 0.6) is 0 Å². The minimum absolute atomic E-state index is 0.0538. The summed E-state index contributed by atoms with van der Waals surface area (Å²) >= 11 is 1.28. The maximum Gasteiger partial charge on any atom is 0.318 e. The second-order valence-corrected chi connectivity index (χ2v) is 7.31. The molecular weight excluding hydrogens is 332 g/mol. The van der Waals surface area contributed by atoms with Gasteiger partial charge >= 0.3 is 6.03 Å². The van der Waals surface area contributed by atoms with Gasteiger partial charge in [-0.2, -0.15) is 0 Å². The first-order chi connectivity index (χ1) is 11.6. The van der Waals surface area contributed by atoms with Crippen LogP contribution in [0.25, 0.3) is 0 Å². The Bertz CT molecular complexity index is 490. The first-order valence-electron chi connectivity index (χ1n) is 8.43. The van der Waals surface area contributed by atoms with E-state index >= 15 is 0 Å². The number of hydrogen-bond donors (Lipinski definition) is 1. The quantitative estimate of drug-likeness (QED) is 0.713. The molecule has 9 heteroatoms. The molecule has 24 heavy (non-hydrogen) atoms. The van der Waals surface area contributed by atoms with Crippen LogP contribution >= 0.6 is 11.8 Å². The number of nitrogens with one attached hydrogen (secondary N) is 1. The third-order valence-electron chi connectivity index (χ3n) is 4.62. The fourth-order valence-electron chi connectivity index (χ4n) is 3.08. The summed E-state index contributed by atoms with van der Waals surface area (Å²) in [6, 6.07) is -0.515. The minimum Gasteiger partial charge on any atom is -0.378 e. The molecule has 0 saturated carbocycles. The standard InChI is InChI=1S/C15H24N4O4S/c20-13(18-6-8-23-9-7-18)11-17-2-4-19(5-3-17)15(22)16-12-1-10-24-14(12)21/h12H,1-11H2,(H,16,22). The van der Waals surface area contributed by atoms with Crippen LogP contribution in [-0.4, -0.2) is 103 Å². The Balaban J connectivity index is 1.39. The average Bonchev–Trinajstić information content (AvgIpc) is 3.01. The van der Waals surface area contributed by atoms with Crippen molar-refractivity contribution in [3.63, 3.8) is 0 Å². The molecule has 8 nitrogen and oxygen atoms in total. The molecule has 1 atom stereocenters. The average molecular weight is 356 g/mol. The van der Waals surface area contributed by atoms with Gasteiger partial charge in [0.25, 0.3) is 0 Å². The molecule has 134 valence electrons. The van der Waals surface area contributed by atoms with Crippen LogP contribution in [0.1, 0.15) is 6.42 Å². The SMILES string of the molecule is O=C1SCCC1NC(=O)N1CCN(CC(=O)N2CCOCC2)CC1. The number of amides is 3. The van der Waals surface area contributed by atoms with E-state index in [2.05, 4.69) is 10.2 Å². The molecular formula is C15H24N4O4S. The molecule has 1 unspecified atom stereocenters. The van der Waals surface area contributed by atoms with Crippen LogP contribution < -0.4 is 5.32 Å². The van der Waals surface area contributed by atoms with Gasteiger partial charge < -0.3 is 19.9 Å². The summed E-state index contributed by atoms with van der Waals surface area (Å²) in [5, 5.41) is 2.87. The highest BCUT2D eigenvalue weighted by Gasteiger charge is 2.30. The van der Waals surface area contributed by atoms with Crippen molar-refractivity contribution in [2.75, 3.05) is 64.8 Å². The maximum absolute atomic E-state index is 12.2. The van der Waals surface area contributed by atoms with E-state index in [0.717, 1.165) is 5.75 Å². The topological polar surface area (TPSA) is 82.2 Å². The summed E-state index contributed by atoms with van der Waals surface area (Å²) in [7, 11) is 0. The van der Waals surface area contributed by atoms with Gasteiger partial charge in [0.1, 0.15) is 6.04 Å². The van der Waals surface area contributed by atoms with Gasteiger partial charge in [-0.15, -0.1) is 0 Å². The Morgan fingerprint density at radius 3 is 2.42 bits per heavy atom. The van der Waals surface area contributed by atoms with Crippen molar-refractivity contribution in [2.45, 2.75) is 12.5 Å². The molecule has 0 spiro atoms. The normalized spacial score (nSPS) is 25.8. The largest absolute Gasteiger partial charge is 0.378 e. The van der Waals surface area contributed by atoms with E-state index < -0.39 is 0 Å². The van der Waals surface area contributed by atoms with E-state index in [9.17, 15) is 14.4 Å². The Labute approximate surface area is 145 Å². The van der Waals surface area contributed by atoms with Crippen molar-refractivity contribution in [3.05, 3.63) is 0 Å².